The van der Waals surface area contributed by atoms with Crippen molar-refractivity contribution in [3.05, 3.63) is 91.1 Å². The molecule has 0 aromatic heterocycles. The molecule has 0 unspecified atom stereocenters. The van der Waals surface area contributed by atoms with Gasteiger partial charge in [0.25, 0.3) is 0 Å². The first-order chi connectivity index (χ1) is 19.1. The van der Waals surface area contributed by atoms with Gasteiger partial charge in [0.05, 0.1) is 0 Å². The average Bonchev–Trinajstić information content (AvgIpc) is 2.94. The van der Waals surface area contributed by atoms with E-state index >= 15 is 0 Å². The number of aryl methyl sites for hydroxylation is 2. The molecule has 0 spiro atoms. The van der Waals surface area contributed by atoms with Crippen molar-refractivity contribution in [2.24, 2.45) is 0 Å². The van der Waals surface area contributed by atoms with Crippen LogP contribution in [0.1, 0.15) is 76.8 Å². The normalized spacial score (nSPS) is 12.4. The summed E-state index contributed by atoms with van der Waals surface area (Å²) in [6.45, 7) is 9.03. The van der Waals surface area contributed by atoms with Crippen molar-refractivity contribution < 1.29 is 15.7 Å². The Balaban J connectivity index is 1.74. The molecule has 0 amide bonds. The van der Waals surface area contributed by atoms with Crippen LogP contribution < -0.4 is 4.74 Å². The van der Waals surface area contributed by atoms with Crippen LogP contribution in [-0.2, 0) is 19.1 Å². The van der Waals surface area contributed by atoms with Gasteiger partial charge in [0.1, 0.15) is 0 Å². The van der Waals surface area contributed by atoms with Crippen LogP contribution in [0.25, 0.3) is 0 Å². The predicted octanol–water partition coefficient (Wildman–Crippen LogP) is 9.48. The molecule has 0 heterocycles. The molecule has 0 N–H and O–H groups in total. The van der Waals surface area contributed by atoms with E-state index in [1.165, 1.54) is 44.6 Å². The van der Waals surface area contributed by atoms with Gasteiger partial charge in [-0.1, -0.05) is 19.8 Å². The molecule has 0 aliphatic carbocycles. The fourth-order valence-electron chi connectivity index (χ4n) is 4.57. The molecule has 0 atom stereocenters. The molecule has 218 valence electrons. The second-order valence-electron chi connectivity index (χ2n) is 10.9. The van der Waals surface area contributed by atoms with Gasteiger partial charge in [0, 0.05) is 0 Å². The van der Waals surface area contributed by atoms with Crippen LogP contribution in [0.4, 0.5) is 0 Å². The van der Waals surface area contributed by atoms with Crippen molar-refractivity contribution in [1.82, 2.24) is 0 Å². The van der Waals surface area contributed by atoms with Crippen LogP contribution in [0.5, 0.6) is 5.75 Å². The third kappa shape index (κ3) is 10.3. The Bertz CT molecular complexity index is 1280. The van der Waals surface area contributed by atoms with Gasteiger partial charge in [-0.05, 0) is 0 Å². The SMILES string of the molecule is CCCCCCCC(C)(C)[Si]CCCc1cc(I(OS(=O)(=O)c2ccc(C)cc2)c2ccccc2)ccc1OC. The summed E-state index contributed by atoms with van der Waals surface area (Å²) in [6.07, 6.45) is 9.95. The molecule has 0 aliphatic rings. The number of benzene rings is 3. The molecular weight excluding hydrogens is 647 g/mol. The van der Waals surface area contributed by atoms with Gasteiger partial charge in [-0.25, -0.2) is 0 Å². The topological polar surface area (TPSA) is 52.6 Å². The summed E-state index contributed by atoms with van der Waals surface area (Å²) in [5, 5.41) is 0.391. The van der Waals surface area contributed by atoms with Crippen molar-refractivity contribution in [2.75, 3.05) is 7.11 Å². The molecule has 3 aromatic carbocycles. The van der Waals surface area contributed by atoms with Crippen LogP contribution >= 0.6 is 20.2 Å². The Kier molecular flexibility index (Phi) is 13.2. The molecule has 0 fully saturated rings. The second-order valence-corrected chi connectivity index (χ2v) is 19.6. The van der Waals surface area contributed by atoms with Crippen LogP contribution in [-0.4, -0.2) is 25.0 Å². The van der Waals surface area contributed by atoms with E-state index < -0.39 is 30.4 Å². The third-order valence-corrected chi connectivity index (χ3v) is 16.1. The molecule has 7 heteroatoms. The average molecular weight is 693 g/mol. The molecule has 0 bridgehead atoms. The molecule has 0 aliphatic heterocycles. The fourth-order valence-corrected chi connectivity index (χ4v) is 13.0. The van der Waals surface area contributed by atoms with Gasteiger partial charge in [0.2, 0.25) is 0 Å². The zero-order chi connectivity index (χ0) is 29.0. The Morgan fingerprint density at radius 2 is 1.55 bits per heavy atom. The minimum atomic E-state index is -3.91. The van der Waals surface area contributed by atoms with E-state index in [1.54, 1.807) is 31.4 Å². The Hall–Kier alpha value is -1.68. The van der Waals surface area contributed by atoms with Gasteiger partial charge in [-0.15, -0.1) is 0 Å². The van der Waals surface area contributed by atoms with Crippen molar-refractivity contribution in [3.63, 3.8) is 0 Å². The van der Waals surface area contributed by atoms with Gasteiger partial charge in [-0.3, -0.25) is 0 Å². The van der Waals surface area contributed by atoms with E-state index in [0.717, 1.165) is 46.4 Å². The molecule has 40 heavy (non-hydrogen) atoms. The van der Waals surface area contributed by atoms with E-state index in [1.807, 2.05) is 49.4 Å². The number of hydrogen-bond donors (Lipinski definition) is 0. The number of ether oxygens (including phenoxy) is 1. The second kappa shape index (κ2) is 16.1. The van der Waals surface area contributed by atoms with Gasteiger partial charge >= 0.3 is 235 Å². The standard InChI is InChI=1S/C33H45IO4SSi/c1-6-7-8-9-13-24-33(3,4)40-25-14-15-28-26-30(20-23-32(28)37-5)34(29-16-11-10-12-17-29)38-39(35,36)31-21-18-27(2)19-22-31/h10-12,16-23,26H,6-9,13-15,24-25H2,1-5H3. The van der Waals surface area contributed by atoms with Gasteiger partial charge < -0.3 is 0 Å². The monoisotopic (exact) mass is 692 g/mol. The van der Waals surface area contributed by atoms with E-state index in [-0.39, 0.29) is 4.90 Å². The summed E-state index contributed by atoms with van der Waals surface area (Å²) in [5.74, 6) is 0.854. The maximum absolute atomic E-state index is 13.3. The number of rotatable bonds is 17. The summed E-state index contributed by atoms with van der Waals surface area (Å²) >= 11 is -2.78. The van der Waals surface area contributed by atoms with Crippen LogP contribution in [0.2, 0.25) is 11.1 Å². The molecule has 0 saturated heterocycles. The van der Waals surface area contributed by atoms with Crippen molar-refractivity contribution in [1.29, 1.82) is 0 Å². The molecule has 3 aromatic rings. The predicted molar refractivity (Wildman–Crippen MR) is 177 cm³/mol. The molecule has 2 radical (unpaired) electrons. The van der Waals surface area contributed by atoms with E-state index in [0.29, 0.717) is 5.04 Å². The minimum absolute atomic E-state index is 0.194. The first kappa shape index (κ1) is 32.8. The number of halogens is 1. The van der Waals surface area contributed by atoms with Gasteiger partial charge in [0.15, 0.2) is 0 Å². The first-order valence-electron chi connectivity index (χ1n) is 14.3. The van der Waals surface area contributed by atoms with Crippen LogP contribution in [0.3, 0.4) is 0 Å². The zero-order valence-electron chi connectivity index (χ0n) is 24.7. The Morgan fingerprint density at radius 3 is 2.23 bits per heavy atom. The summed E-state index contributed by atoms with van der Waals surface area (Å²) in [5.41, 5.74) is 2.13. The van der Waals surface area contributed by atoms with Gasteiger partial charge in [-0.2, -0.15) is 0 Å². The van der Waals surface area contributed by atoms with Crippen molar-refractivity contribution >= 4 is 39.9 Å². The molecule has 3 rings (SSSR count). The summed E-state index contributed by atoms with van der Waals surface area (Å²) in [6, 6.07) is 23.9. The van der Waals surface area contributed by atoms with Crippen LogP contribution in [0, 0.1) is 14.1 Å². The fraction of sp³-hybridized carbons (Fsp3) is 0.455. The number of unbranched alkanes of at least 4 members (excludes halogenated alkanes) is 4. The number of methoxy groups -OCH3 is 1. The van der Waals surface area contributed by atoms with E-state index in [9.17, 15) is 8.42 Å². The van der Waals surface area contributed by atoms with Crippen LogP contribution in [0.15, 0.2) is 77.7 Å². The first-order valence-corrected chi connectivity index (χ1v) is 20.0. The Labute approximate surface area is 253 Å². The molecule has 4 nitrogen and oxygen atoms in total. The zero-order valence-corrected chi connectivity index (χ0v) is 28.7. The Morgan fingerprint density at radius 1 is 0.850 bits per heavy atom. The third-order valence-electron chi connectivity index (χ3n) is 6.96. The molecule has 0 saturated carbocycles. The number of hydrogen-bond acceptors (Lipinski definition) is 4. The van der Waals surface area contributed by atoms with E-state index in [2.05, 4.69) is 26.8 Å². The van der Waals surface area contributed by atoms with E-state index in [4.69, 9.17) is 7.25 Å². The van der Waals surface area contributed by atoms with Crippen molar-refractivity contribution in [2.45, 2.75) is 95.0 Å². The summed E-state index contributed by atoms with van der Waals surface area (Å²) in [7, 11) is -1.28. The summed E-state index contributed by atoms with van der Waals surface area (Å²) < 4.78 is 40.4. The molecular formula is C33H45IO4SSi. The summed E-state index contributed by atoms with van der Waals surface area (Å²) in [4.78, 5) is 0.194. The maximum atomic E-state index is 13.3. The quantitative estimate of drug-likeness (QED) is 0.0804. The van der Waals surface area contributed by atoms with Crippen molar-refractivity contribution in [3.8, 4) is 5.75 Å².